The minimum atomic E-state index is -0.196. The molecular weight excluding hydrogens is 328 g/mol. The van der Waals surface area contributed by atoms with Crippen LogP contribution in [-0.2, 0) is 13.1 Å². The van der Waals surface area contributed by atoms with E-state index in [2.05, 4.69) is 15.2 Å². The van der Waals surface area contributed by atoms with Gasteiger partial charge in [0.1, 0.15) is 5.76 Å². The molecule has 1 aliphatic rings. The van der Waals surface area contributed by atoms with Gasteiger partial charge in [0.2, 0.25) is 0 Å². The highest BCUT2D eigenvalue weighted by atomic mass is 16.4. The SMILES string of the molecule is O=C(NCc1ccccc1-n1ccnc1)c1ccc(CN2CCCC2)o1. The number of para-hydroxylation sites is 1. The van der Waals surface area contributed by atoms with Gasteiger partial charge in [-0.25, -0.2) is 4.98 Å². The van der Waals surface area contributed by atoms with Crippen molar-refractivity contribution >= 4 is 5.91 Å². The van der Waals surface area contributed by atoms with E-state index in [0.717, 1.165) is 36.6 Å². The Kier molecular flexibility index (Phi) is 4.84. The van der Waals surface area contributed by atoms with E-state index >= 15 is 0 Å². The van der Waals surface area contributed by atoms with Gasteiger partial charge in [-0.2, -0.15) is 0 Å². The Labute approximate surface area is 152 Å². The van der Waals surface area contributed by atoms with E-state index in [4.69, 9.17) is 4.42 Å². The molecule has 1 aromatic carbocycles. The van der Waals surface area contributed by atoms with Crippen molar-refractivity contribution in [3.63, 3.8) is 0 Å². The molecule has 0 unspecified atom stereocenters. The number of carbonyl (C=O) groups is 1. The van der Waals surface area contributed by atoms with Crippen LogP contribution in [0, 0.1) is 0 Å². The number of amides is 1. The van der Waals surface area contributed by atoms with Crippen LogP contribution >= 0.6 is 0 Å². The zero-order valence-electron chi connectivity index (χ0n) is 14.6. The summed E-state index contributed by atoms with van der Waals surface area (Å²) in [6.07, 6.45) is 7.85. The summed E-state index contributed by atoms with van der Waals surface area (Å²) >= 11 is 0. The van der Waals surface area contributed by atoms with Crippen LogP contribution in [0.25, 0.3) is 5.69 Å². The fourth-order valence-corrected chi connectivity index (χ4v) is 3.32. The van der Waals surface area contributed by atoms with Gasteiger partial charge in [-0.3, -0.25) is 9.69 Å². The largest absolute Gasteiger partial charge is 0.455 e. The average molecular weight is 350 g/mol. The lowest BCUT2D eigenvalue weighted by atomic mass is 10.1. The lowest BCUT2D eigenvalue weighted by Gasteiger charge is -2.12. The molecule has 1 saturated heterocycles. The van der Waals surface area contributed by atoms with Crippen molar-refractivity contribution in [1.82, 2.24) is 19.8 Å². The molecular formula is C20H22N4O2. The van der Waals surface area contributed by atoms with Crippen molar-refractivity contribution in [3.8, 4) is 5.69 Å². The van der Waals surface area contributed by atoms with Crippen LogP contribution in [0.4, 0.5) is 0 Å². The molecule has 0 spiro atoms. The van der Waals surface area contributed by atoms with Crippen molar-refractivity contribution in [2.45, 2.75) is 25.9 Å². The number of nitrogens with zero attached hydrogens (tertiary/aromatic N) is 3. The predicted octanol–water partition coefficient (Wildman–Crippen LogP) is 2.99. The second kappa shape index (κ2) is 7.58. The molecule has 1 N–H and O–H groups in total. The molecule has 0 radical (unpaired) electrons. The van der Waals surface area contributed by atoms with Gasteiger partial charge in [0, 0.05) is 18.9 Å². The molecule has 2 aromatic heterocycles. The number of aromatic nitrogens is 2. The van der Waals surface area contributed by atoms with Crippen molar-refractivity contribution in [2.24, 2.45) is 0 Å². The zero-order valence-corrected chi connectivity index (χ0v) is 14.6. The van der Waals surface area contributed by atoms with Gasteiger partial charge in [-0.15, -0.1) is 0 Å². The fraction of sp³-hybridized carbons (Fsp3) is 0.300. The molecule has 6 heteroatoms. The standard InChI is InChI=1S/C20H22N4O2/c25-20(19-8-7-17(26-19)14-23-10-3-4-11-23)22-13-16-5-1-2-6-18(16)24-12-9-21-15-24/h1-2,5-9,12,15H,3-4,10-11,13-14H2,(H,22,25). The van der Waals surface area contributed by atoms with Crippen LogP contribution in [0.15, 0.2) is 59.5 Å². The molecule has 0 bridgehead atoms. The van der Waals surface area contributed by atoms with Crippen LogP contribution in [-0.4, -0.2) is 33.4 Å². The molecule has 26 heavy (non-hydrogen) atoms. The zero-order chi connectivity index (χ0) is 17.8. The van der Waals surface area contributed by atoms with E-state index in [0.29, 0.717) is 12.3 Å². The van der Waals surface area contributed by atoms with Crippen molar-refractivity contribution < 1.29 is 9.21 Å². The van der Waals surface area contributed by atoms with E-state index in [1.807, 2.05) is 41.1 Å². The van der Waals surface area contributed by atoms with Crippen LogP contribution < -0.4 is 5.32 Å². The van der Waals surface area contributed by atoms with Gasteiger partial charge in [0.05, 0.1) is 18.6 Å². The predicted molar refractivity (Wildman–Crippen MR) is 98.0 cm³/mol. The number of hydrogen-bond donors (Lipinski definition) is 1. The Bertz CT molecular complexity index is 864. The molecule has 1 fully saturated rings. The molecule has 0 saturated carbocycles. The Morgan fingerprint density at radius 1 is 1.15 bits per heavy atom. The third-order valence-electron chi connectivity index (χ3n) is 4.68. The summed E-state index contributed by atoms with van der Waals surface area (Å²) in [5, 5.41) is 2.94. The first kappa shape index (κ1) is 16.6. The number of imidazole rings is 1. The topological polar surface area (TPSA) is 63.3 Å². The smallest absolute Gasteiger partial charge is 0.287 e. The Morgan fingerprint density at radius 3 is 2.81 bits per heavy atom. The van der Waals surface area contributed by atoms with Gasteiger partial charge in [-0.1, -0.05) is 18.2 Å². The highest BCUT2D eigenvalue weighted by molar-refractivity contribution is 5.91. The average Bonchev–Trinajstić information content (AvgIpc) is 3.42. The summed E-state index contributed by atoms with van der Waals surface area (Å²) in [6, 6.07) is 11.6. The molecule has 1 amide bonds. The molecule has 134 valence electrons. The fourth-order valence-electron chi connectivity index (χ4n) is 3.32. The van der Waals surface area contributed by atoms with E-state index < -0.39 is 0 Å². The summed E-state index contributed by atoms with van der Waals surface area (Å²) in [5.41, 5.74) is 2.02. The third kappa shape index (κ3) is 3.70. The van der Waals surface area contributed by atoms with Crippen LogP contribution in [0.3, 0.4) is 0 Å². The third-order valence-corrected chi connectivity index (χ3v) is 4.68. The lowest BCUT2D eigenvalue weighted by Crippen LogP contribution is -2.23. The first-order chi connectivity index (χ1) is 12.8. The Morgan fingerprint density at radius 2 is 2.00 bits per heavy atom. The van der Waals surface area contributed by atoms with Gasteiger partial charge in [0.15, 0.2) is 5.76 Å². The van der Waals surface area contributed by atoms with E-state index in [-0.39, 0.29) is 5.91 Å². The molecule has 4 rings (SSSR count). The minimum absolute atomic E-state index is 0.196. The number of carbonyl (C=O) groups excluding carboxylic acids is 1. The molecule has 3 aromatic rings. The lowest BCUT2D eigenvalue weighted by molar-refractivity contribution is 0.0919. The second-order valence-electron chi connectivity index (χ2n) is 6.53. The van der Waals surface area contributed by atoms with Crippen molar-refractivity contribution in [1.29, 1.82) is 0 Å². The Balaban J connectivity index is 1.39. The molecule has 0 atom stereocenters. The van der Waals surface area contributed by atoms with Gasteiger partial charge in [0.25, 0.3) is 5.91 Å². The summed E-state index contributed by atoms with van der Waals surface area (Å²) in [4.78, 5) is 18.9. The van der Waals surface area contributed by atoms with E-state index in [9.17, 15) is 4.79 Å². The van der Waals surface area contributed by atoms with Crippen molar-refractivity contribution in [2.75, 3.05) is 13.1 Å². The maximum absolute atomic E-state index is 12.4. The monoisotopic (exact) mass is 350 g/mol. The molecule has 1 aliphatic heterocycles. The van der Waals surface area contributed by atoms with Crippen LogP contribution in [0.1, 0.15) is 34.7 Å². The Hall–Kier alpha value is -2.86. The van der Waals surface area contributed by atoms with E-state index in [1.54, 1.807) is 18.6 Å². The number of nitrogens with one attached hydrogen (secondary N) is 1. The van der Waals surface area contributed by atoms with Gasteiger partial charge in [-0.05, 0) is 49.7 Å². The highest BCUT2D eigenvalue weighted by Gasteiger charge is 2.16. The van der Waals surface area contributed by atoms with Gasteiger partial charge >= 0.3 is 0 Å². The first-order valence-electron chi connectivity index (χ1n) is 8.95. The number of furan rings is 1. The molecule has 0 aliphatic carbocycles. The number of benzene rings is 1. The summed E-state index contributed by atoms with van der Waals surface area (Å²) < 4.78 is 7.66. The summed E-state index contributed by atoms with van der Waals surface area (Å²) in [6.45, 7) is 3.41. The number of likely N-dealkylation sites (tertiary alicyclic amines) is 1. The maximum atomic E-state index is 12.4. The quantitative estimate of drug-likeness (QED) is 0.742. The minimum Gasteiger partial charge on any atom is -0.455 e. The van der Waals surface area contributed by atoms with Crippen LogP contribution in [0.2, 0.25) is 0 Å². The maximum Gasteiger partial charge on any atom is 0.287 e. The van der Waals surface area contributed by atoms with E-state index in [1.165, 1.54) is 12.8 Å². The first-order valence-corrected chi connectivity index (χ1v) is 8.95. The van der Waals surface area contributed by atoms with Crippen LogP contribution in [0.5, 0.6) is 0 Å². The highest BCUT2D eigenvalue weighted by Crippen LogP contribution is 2.16. The van der Waals surface area contributed by atoms with Gasteiger partial charge < -0.3 is 14.3 Å². The normalized spacial score (nSPS) is 14.6. The van der Waals surface area contributed by atoms with Crippen molar-refractivity contribution in [3.05, 3.63) is 72.2 Å². The molecule has 6 nitrogen and oxygen atoms in total. The summed E-state index contributed by atoms with van der Waals surface area (Å²) in [7, 11) is 0. The number of rotatable bonds is 6. The molecule has 3 heterocycles. The number of hydrogen-bond acceptors (Lipinski definition) is 4. The summed E-state index contributed by atoms with van der Waals surface area (Å²) in [5.74, 6) is 1.01. The second-order valence-corrected chi connectivity index (χ2v) is 6.53.